The van der Waals surface area contributed by atoms with Gasteiger partial charge in [0.2, 0.25) is 0 Å². The lowest BCUT2D eigenvalue weighted by Gasteiger charge is -2.60. The van der Waals surface area contributed by atoms with Crippen molar-refractivity contribution in [3.63, 3.8) is 0 Å². The zero-order valence-electron chi connectivity index (χ0n) is 17.3. The van der Waals surface area contributed by atoms with E-state index in [2.05, 4.69) is 32.6 Å². The molecule has 1 heteroatoms. The summed E-state index contributed by atoms with van der Waals surface area (Å²) < 4.78 is 0. The molecule has 0 spiro atoms. The van der Waals surface area contributed by atoms with E-state index < -0.39 is 0 Å². The molecule has 0 aromatic heterocycles. The molecule has 0 aromatic carbocycles. The van der Waals surface area contributed by atoms with E-state index in [9.17, 15) is 0 Å². The first-order valence-electron chi connectivity index (χ1n) is 11.5. The third-order valence-electron chi connectivity index (χ3n) is 9.64. The Balaban J connectivity index is 1.46. The maximum absolute atomic E-state index is 5.63. The first-order valence-corrected chi connectivity index (χ1v) is 11.5. The Labute approximate surface area is 161 Å². The summed E-state index contributed by atoms with van der Waals surface area (Å²) >= 11 is 0. The molecule has 4 unspecified atom stereocenters. The second-order valence-corrected chi connectivity index (χ2v) is 10.6. The second kappa shape index (κ2) is 7.12. The molecular formula is C25H41N. The predicted molar refractivity (Wildman–Crippen MR) is 112 cm³/mol. The van der Waals surface area contributed by atoms with E-state index >= 15 is 0 Å². The van der Waals surface area contributed by atoms with Crippen molar-refractivity contribution in [3.05, 3.63) is 24.3 Å². The van der Waals surface area contributed by atoms with Crippen LogP contribution in [0.15, 0.2) is 24.3 Å². The van der Waals surface area contributed by atoms with Crippen LogP contribution in [0.3, 0.4) is 0 Å². The molecule has 0 amide bonds. The molecule has 1 nitrogen and oxygen atoms in total. The summed E-state index contributed by atoms with van der Waals surface area (Å²) in [6, 6.07) is 0. The van der Waals surface area contributed by atoms with Crippen molar-refractivity contribution in [1.82, 2.24) is 0 Å². The molecule has 4 fully saturated rings. The van der Waals surface area contributed by atoms with E-state index in [4.69, 9.17) is 5.73 Å². The highest BCUT2D eigenvalue weighted by Crippen LogP contribution is 2.67. The maximum atomic E-state index is 5.63. The van der Waals surface area contributed by atoms with Crippen LogP contribution in [0, 0.1) is 40.4 Å². The van der Waals surface area contributed by atoms with Gasteiger partial charge in [-0.2, -0.15) is 0 Å². The van der Waals surface area contributed by atoms with Crippen LogP contribution < -0.4 is 5.73 Å². The molecule has 0 aromatic rings. The van der Waals surface area contributed by atoms with E-state index in [0.717, 1.165) is 42.6 Å². The molecule has 146 valence electrons. The molecule has 0 heterocycles. The normalized spacial score (nSPS) is 48.3. The molecule has 4 aliphatic rings. The highest BCUT2D eigenvalue weighted by atomic mass is 14.6. The number of hydrogen-bond acceptors (Lipinski definition) is 1. The number of fused-ring (bicyclic) bond motifs is 5. The lowest BCUT2D eigenvalue weighted by Crippen LogP contribution is -2.52. The van der Waals surface area contributed by atoms with Gasteiger partial charge >= 0.3 is 0 Å². The van der Waals surface area contributed by atoms with Crippen LogP contribution in [0.2, 0.25) is 0 Å². The highest BCUT2D eigenvalue weighted by Gasteiger charge is 2.58. The van der Waals surface area contributed by atoms with E-state index in [1.165, 1.54) is 64.2 Å². The first kappa shape index (κ1) is 18.8. The van der Waals surface area contributed by atoms with Crippen LogP contribution >= 0.6 is 0 Å². The van der Waals surface area contributed by atoms with Crippen molar-refractivity contribution in [1.29, 1.82) is 0 Å². The minimum Gasteiger partial charge on any atom is -0.330 e. The van der Waals surface area contributed by atoms with Crippen LogP contribution in [-0.4, -0.2) is 6.54 Å². The Morgan fingerprint density at radius 1 is 1.08 bits per heavy atom. The van der Waals surface area contributed by atoms with Gasteiger partial charge in [0.05, 0.1) is 0 Å². The average Bonchev–Trinajstić information content (AvgIpc) is 2.94. The highest BCUT2D eigenvalue weighted by molar-refractivity contribution is 5.21. The van der Waals surface area contributed by atoms with Crippen molar-refractivity contribution < 1.29 is 0 Å². The van der Waals surface area contributed by atoms with E-state index in [1.54, 1.807) is 5.57 Å². The van der Waals surface area contributed by atoms with Crippen LogP contribution in [-0.2, 0) is 0 Å². The predicted octanol–water partition coefficient (Wildman–Crippen LogP) is 6.50. The second-order valence-electron chi connectivity index (χ2n) is 10.6. The SMILES string of the molecule is C=C1CCC2C3CCC4C[C@@H](/C=C/CCCN)CC[C@]4(C)C3CC[C@]12C. The van der Waals surface area contributed by atoms with Gasteiger partial charge in [0.1, 0.15) is 0 Å². The zero-order valence-corrected chi connectivity index (χ0v) is 17.3. The molecule has 0 bridgehead atoms. The van der Waals surface area contributed by atoms with Gasteiger partial charge in [-0.05, 0) is 118 Å². The smallest absolute Gasteiger partial charge is 0.00743 e. The molecule has 4 aliphatic carbocycles. The summed E-state index contributed by atoms with van der Waals surface area (Å²) in [4.78, 5) is 0. The van der Waals surface area contributed by atoms with Crippen LogP contribution in [0.5, 0.6) is 0 Å². The van der Waals surface area contributed by atoms with E-state index in [0.29, 0.717) is 10.8 Å². The third-order valence-corrected chi connectivity index (χ3v) is 9.64. The van der Waals surface area contributed by atoms with Crippen LogP contribution in [0.25, 0.3) is 0 Å². The summed E-state index contributed by atoms with van der Waals surface area (Å²) in [5, 5.41) is 0. The molecule has 7 atom stereocenters. The standard InChI is InChI=1S/C25H41N/c1-18-8-11-22-21-10-9-20-17-19(7-5-4-6-16-26)12-14-25(20,3)23(21)13-15-24(18,22)2/h5,7,19-23H,1,4,6,8-17,26H2,2-3H3/b7-5+/t19-,20?,21?,22?,23?,24+,25-/m0/s1. The average molecular weight is 356 g/mol. The molecule has 0 aliphatic heterocycles. The Morgan fingerprint density at radius 2 is 1.92 bits per heavy atom. The number of hydrogen-bond donors (Lipinski definition) is 1. The summed E-state index contributed by atoms with van der Waals surface area (Å²) in [6.45, 7) is 10.6. The summed E-state index contributed by atoms with van der Waals surface area (Å²) in [6.07, 6.45) is 20.2. The van der Waals surface area contributed by atoms with Gasteiger partial charge in [-0.15, -0.1) is 0 Å². The van der Waals surface area contributed by atoms with Gasteiger partial charge in [-0.25, -0.2) is 0 Å². The number of allylic oxidation sites excluding steroid dienone is 3. The summed E-state index contributed by atoms with van der Waals surface area (Å²) in [5.74, 6) is 4.73. The number of rotatable bonds is 4. The quantitative estimate of drug-likeness (QED) is 0.452. The monoisotopic (exact) mass is 355 g/mol. The van der Waals surface area contributed by atoms with Gasteiger partial charge in [-0.1, -0.05) is 38.2 Å². The fraction of sp³-hybridized carbons (Fsp3) is 0.840. The van der Waals surface area contributed by atoms with Gasteiger partial charge in [0.25, 0.3) is 0 Å². The van der Waals surface area contributed by atoms with Crippen molar-refractivity contribution in [3.8, 4) is 0 Å². The molecule has 2 N–H and O–H groups in total. The third kappa shape index (κ3) is 2.93. The van der Waals surface area contributed by atoms with E-state index in [1.807, 2.05) is 0 Å². The molecule has 0 radical (unpaired) electrons. The minimum atomic E-state index is 0.479. The molecule has 0 saturated heterocycles. The Bertz CT molecular complexity index is 563. The topological polar surface area (TPSA) is 26.0 Å². The van der Waals surface area contributed by atoms with Crippen LogP contribution in [0.1, 0.15) is 84.5 Å². The fourth-order valence-electron chi connectivity index (χ4n) is 7.90. The molecule has 4 saturated carbocycles. The van der Waals surface area contributed by atoms with Crippen molar-refractivity contribution in [2.45, 2.75) is 84.5 Å². The summed E-state index contributed by atoms with van der Waals surface area (Å²) in [7, 11) is 0. The van der Waals surface area contributed by atoms with Gasteiger partial charge in [-0.3, -0.25) is 0 Å². The van der Waals surface area contributed by atoms with Crippen LogP contribution in [0.4, 0.5) is 0 Å². The minimum absolute atomic E-state index is 0.479. The van der Waals surface area contributed by atoms with Crippen molar-refractivity contribution >= 4 is 0 Å². The molecule has 4 rings (SSSR count). The Hall–Kier alpha value is -0.560. The molecule has 26 heavy (non-hydrogen) atoms. The van der Waals surface area contributed by atoms with Crippen molar-refractivity contribution in [2.75, 3.05) is 6.54 Å². The lowest BCUT2D eigenvalue weighted by atomic mass is 9.44. The molecular weight excluding hydrogens is 314 g/mol. The van der Waals surface area contributed by atoms with Gasteiger partial charge in [0.15, 0.2) is 0 Å². The number of nitrogens with two attached hydrogens (primary N) is 1. The van der Waals surface area contributed by atoms with Crippen molar-refractivity contribution in [2.24, 2.45) is 46.2 Å². The van der Waals surface area contributed by atoms with Gasteiger partial charge < -0.3 is 5.73 Å². The largest absolute Gasteiger partial charge is 0.330 e. The van der Waals surface area contributed by atoms with Gasteiger partial charge in [0, 0.05) is 0 Å². The van der Waals surface area contributed by atoms with E-state index in [-0.39, 0.29) is 0 Å². The Kier molecular flexibility index (Phi) is 5.14. The fourth-order valence-corrected chi connectivity index (χ4v) is 7.90. The number of unbranched alkanes of at least 4 members (excludes halogenated alkanes) is 1. The lowest BCUT2D eigenvalue weighted by molar-refractivity contribution is -0.103. The zero-order chi connectivity index (χ0) is 18.4. The summed E-state index contributed by atoms with van der Waals surface area (Å²) in [5.41, 5.74) is 8.31. The first-order chi connectivity index (χ1) is 12.5. The maximum Gasteiger partial charge on any atom is -0.00743 e. The Morgan fingerprint density at radius 3 is 2.73 bits per heavy atom.